The number of carbonyl (C=O) groups excluding carboxylic acids is 1. The van der Waals surface area contributed by atoms with Gasteiger partial charge >= 0.3 is 0 Å². The molecule has 2 aromatic heterocycles. The highest BCUT2D eigenvalue weighted by molar-refractivity contribution is 5.92. The number of rotatable bonds is 4. The molecule has 1 amide bonds. The number of nitrogens with zero attached hydrogens (tertiary/aromatic N) is 3. The third-order valence-electron chi connectivity index (χ3n) is 7.77. The van der Waals surface area contributed by atoms with Crippen molar-refractivity contribution in [2.45, 2.75) is 43.4 Å². The number of nitrogens with one attached hydrogen (secondary N) is 2. The second kappa shape index (κ2) is 8.08. The Morgan fingerprint density at radius 2 is 2.12 bits per heavy atom. The number of fused-ring (bicyclic) bond motifs is 4. The van der Waals surface area contributed by atoms with Crippen molar-refractivity contribution in [3.8, 4) is 0 Å². The number of pyridine rings is 2. The van der Waals surface area contributed by atoms with Gasteiger partial charge in [-0.2, -0.15) is 0 Å². The Balaban J connectivity index is 1.11. The lowest BCUT2D eigenvalue weighted by molar-refractivity contribution is 0.0930. The minimum atomic E-state index is -0.705. The maximum Gasteiger partial charge on any atom is 0.269 e. The number of hydrogen-bond acceptors (Lipinski definition) is 6. The molecule has 3 N–H and O–H groups in total. The van der Waals surface area contributed by atoms with Crippen molar-refractivity contribution in [3.05, 3.63) is 77.3 Å². The van der Waals surface area contributed by atoms with Crippen molar-refractivity contribution in [2.24, 2.45) is 5.92 Å². The fourth-order valence-electron chi connectivity index (χ4n) is 6.08. The SMILES string of the molecule is O=C(NCCN1CCCC2C=CC=CC21)c1cc2c(cn1)CC1(C2)c2cccnc2NC1O. The molecule has 33 heavy (non-hydrogen) atoms. The third-order valence-corrected chi connectivity index (χ3v) is 7.77. The summed E-state index contributed by atoms with van der Waals surface area (Å²) in [4.78, 5) is 24.1. The van der Waals surface area contributed by atoms with Crippen LogP contribution in [0, 0.1) is 5.92 Å². The Bertz CT molecular complexity index is 1150. The number of aliphatic hydroxyl groups excluding tert-OH is 1. The van der Waals surface area contributed by atoms with Crippen molar-refractivity contribution in [3.63, 3.8) is 0 Å². The summed E-state index contributed by atoms with van der Waals surface area (Å²) in [7, 11) is 0. The molecule has 2 aliphatic heterocycles. The number of amides is 1. The van der Waals surface area contributed by atoms with Gasteiger partial charge in [-0.3, -0.25) is 14.7 Å². The summed E-state index contributed by atoms with van der Waals surface area (Å²) in [5, 5.41) is 17.0. The number of likely N-dealkylation sites (tertiary alicyclic amines) is 1. The Morgan fingerprint density at radius 1 is 1.24 bits per heavy atom. The predicted molar refractivity (Wildman–Crippen MR) is 126 cm³/mol. The van der Waals surface area contributed by atoms with E-state index < -0.39 is 11.6 Å². The third kappa shape index (κ3) is 3.47. The Labute approximate surface area is 193 Å². The quantitative estimate of drug-likeness (QED) is 0.671. The van der Waals surface area contributed by atoms with Crippen LogP contribution < -0.4 is 10.6 Å². The molecular formula is C26H29N5O2. The first kappa shape index (κ1) is 20.6. The lowest BCUT2D eigenvalue weighted by Crippen LogP contribution is -2.47. The van der Waals surface area contributed by atoms with Gasteiger partial charge in [-0.1, -0.05) is 30.4 Å². The summed E-state index contributed by atoms with van der Waals surface area (Å²) in [6.45, 7) is 2.51. The number of piperidine rings is 1. The molecule has 0 saturated carbocycles. The minimum absolute atomic E-state index is 0.140. The molecule has 0 radical (unpaired) electrons. The molecule has 2 aromatic rings. The van der Waals surface area contributed by atoms with Gasteiger partial charge in [-0.15, -0.1) is 0 Å². The maximum atomic E-state index is 12.9. The molecule has 0 aromatic carbocycles. The van der Waals surface area contributed by atoms with Crippen molar-refractivity contribution < 1.29 is 9.90 Å². The molecular weight excluding hydrogens is 414 g/mol. The van der Waals surface area contributed by atoms with Crippen LogP contribution in [0.2, 0.25) is 0 Å². The van der Waals surface area contributed by atoms with E-state index in [1.165, 1.54) is 12.8 Å². The fourth-order valence-corrected chi connectivity index (χ4v) is 6.08. The average molecular weight is 444 g/mol. The van der Waals surface area contributed by atoms with Crippen LogP contribution in [0.15, 0.2) is 54.9 Å². The van der Waals surface area contributed by atoms with Gasteiger partial charge in [0.05, 0.1) is 5.41 Å². The number of anilines is 1. The van der Waals surface area contributed by atoms with Gasteiger partial charge in [0.25, 0.3) is 5.91 Å². The van der Waals surface area contributed by atoms with Crippen LogP contribution in [-0.4, -0.2) is 57.8 Å². The van der Waals surface area contributed by atoms with Crippen LogP contribution in [0.3, 0.4) is 0 Å². The van der Waals surface area contributed by atoms with Crippen LogP contribution in [0.1, 0.15) is 40.0 Å². The predicted octanol–water partition coefficient (Wildman–Crippen LogP) is 2.19. The van der Waals surface area contributed by atoms with Gasteiger partial charge in [0.1, 0.15) is 17.7 Å². The number of aromatic nitrogens is 2. The highest BCUT2D eigenvalue weighted by atomic mass is 16.3. The molecule has 7 nitrogen and oxygen atoms in total. The Morgan fingerprint density at radius 3 is 3.06 bits per heavy atom. The molecule has 7 heteroatoms. The fraction of sp³-hybridized carbons (Fsp3) is 0.423. The van der Waals surface area contributed by atoms with Crippen molar-refractivity contribution in [2.75, 3.05) is 25.0 Å². The van der Waals surface area contributed by atoms with E-state index in [0.29, 0.717) is 37.0 Å². The molecule has 1 fully saturated rings. The molecule has 4 unspecified atom stereocenters. The zero-order valence-electron chi connectivity index (χ0n) is 18.6. The van der Waals surface area contributed by atoms with Gasteiger partial charge in [0, 0.05) is 37.1 Å². The molecule has 170 valence electrons. The second-order valence-corrected chi connectivity index (χ2v) is 9.65. The van der Waals surface area contributed by atoms with E-state index in [2.05, 4.69) is 49.8 Å². The summed E-state index contributed by atoms with van der Waals surface area (Å²) in [6, 6.07) is 6.27. The normalized spacial score (nSPS) is 29.4. The van der Waals surface area contributed by atoms with E-state index >= 15 is 0 Å². The van der Waals surface area contributed by atoms with E-state index in [9.17, 15) is 9.90 Å². The van der Waals surface area contributed by atoms with E-state index in [1.54, 1.807) is 12.4 Å². The Hall–Kier alpha value is -3.03. The highest BCUT2D eigenvalue weighted by Gasteiger charge is 2.50. The highest BCUT2D eigenvalue weighted by Crippen LogP contribution is 2.48. The lowest BCUT2D eigenvalue weighted by Gasteiger charge is -2.39. The van der Waals surface area contributed by atoms with Gasteiger partial charge in [-0.25, -0.2) is 4.98 Å². The zero-order valence-corrected chi connectivity index (χ0v) is 18.6. The van der Waals surface area contributed by atoms with Gasteiger partial charge in [0.15, 0.2) is 0 Å². The van der Waals surface area contributed by atoms with E-state index in [-0.39, 0.29) is 5.91 Å². The molecule has 6 rings (SSSR count). The van der Waals surface area contributed by atoms with Crippen LogP contribution in [0.4, 0.5) is 5.82 Å². The summed E-state index contributed by atoms with van der Waals surface area (Å²) < 4.78 is 0. The minimum Gasteiger partial charge on any atom is -0.373 e. The topological polar surface area (TPSA) is 90.4 Å². The standard InChI is InChI=1S/C26H29N5O2/c32-24(28-10-12-31-11-4-6-17-5-1-2-8-22(17)31)21-13-18-14-26(15-19(18)16-29-21)20-7-3-9-27-23(20)30-25(26)33/h1-3,5,7-9,13,16-17,22,25,33H,4,6,10-12,14-15H2,(H,27,30)(H,28,32). The molecule has 4 atom stereocenters. The van der Waals surface area contributed by atoms with Crippen molar-refractivity contribution >= 4 is 11.7 Å². The van der Waals surface area contributed by atoms with Gasteiger partial charge in [0.2, 0.25) is 0 Å². The first-order valence-electron chi connectivity index (χ1n) is 11.9. The van der Waals surface area contributed by atoms with Crippen LogP contribution >= 0.6 is 0 Å². The molecule has 0 bridgehead atoms. The number of carbonyl (C=O) groups is 1. The number of aliphatic hydroxyl groups is 1. The largest absolute Gasteiger partial charge is 0.373 e. The first-order chi connectivity index (χ1) is 16.1. The second-order valence-electron chi connectivity index (χ2n) is 9.65. The van der Waals surface area contributed by atoms with Crippen LogP contribution in [-0.2, 0) is 18.3 Å². The van der Waals surface area contributed by atoms with Gasteiger partial charge in [-0.05, 0) is 61.4 Å². The monoisotopic (exact) mass is 443 g/mol. The molecule has 1 spiro atoms. The van der Waals surface area contributed by atoms with Gasteiger partial charge < -0.3 is 15.7 Å². The molecule has 4 aliphatic rings. The van der Waals surface area contributed by atoms with Crippen molar-refractivity contribution in [1.29, 1.82) is 0 Å². The average Bonchev–Trinajstić information content (AvgIpc) is 3.36. The van der Waals surface area contributed by atoms with E-state index in [0.717, 1.165) is 35.6 Å². The van der Waals surface area contributed by atoms with Crippen LogP contribution in [0.25, 0.3) is 0 Å². The summed E-state index contributed by atoms with van der Waals surface area (Å²) >= 11 is 0. The maximum absolute atomic E-state index is 12.9. The van der Waals surface area contributed by atoms with E-state index in [4.69, 9.17) is 0 Å². The zero-order chi connectivity index (χ0) is 22.4. The molecule has 2 aliphatic carbocycles. The van der Waals surface area contributed by atoms with Crippen molar-refractivity contribution in [1.82, 2.24) is 20.2 Å². The Kier molecular flexibility index (Phi) is 5.03. The first-order valence-corrected chi connectivity index (χ1v) is 11.9. The number of allylic oxidation sites excluding steroid dienone is 2. The molecule has 1 saturated heterocycles. The van der Waals surface area contributed by atoms with E-state index in [1.807, 2.05) is 18.2 Å². The summed E-state index contributed by atoms with van der Waals surface area (Å²) in [6.07, 6.45) is 15.5. The lowest BCUT2D eigenvalue weighted by atomic mass is 9.79. The summed E-state index contributed by atoms with van der Waals surface area (Å²) in [5.74, 6) is 1.19. The van der Waals surface area contributed by atoms with Crippen LogP contribution in [0.5, 0.6) is 0 Å². The molecule has 4 heterocycles. The summed E-state index contributed by atoms with van der Waals surface area (Å²) in [5.41, 5.74) is 3.18. The number of hydrogen-bond donors (Lipinski definition) is 3. The smallest absolute Gasteiger partial charge is 0.269 e.